The van der Waals surface area contributed by atoms with E-state index in [0.717, 1.165) is 38.4 Å². The van der Waals surface area contributed by atoms with Crippen LogP contribution >= 0.6 is 0 Å². The van der Waals surface area contributed by atoms with Crippen LogP contribution in [0.15, 0.2) is 18.6 Å². The molecule has 0 unspecified atom stereocenters. The van der Waals surface area contributed by atoms with Crippen molar-refractivity contribution >= 4 is 11.7 Å². The molecule has 0 N–H and O–H groups in total. The summed E-state index contributed by atoms with van der Waals surface area (Å²) in [7, 11) is 0. The summed E-state index contributed by atoms with van der Waals surface area (Å²) in [5, 5.41) is 0. The Kier molecular flexibility index (Phi) is 4.34. The number of carbonyl (C=O) groups is 1. The number of nitrogens with zero attached hydrogens (tertiary/aromatic N) is 4. The molecule has 0 radical (unpaired) electrons. The minimum atomic E-state index is 0.123. The van der Waals surface area contributed by atoms with Crippen LogP contribution < -0.4 is 4.90 Å². The summed E-state index contributed by atoms with van der Waals surface area (Å²) in [6.45, 7) is 6.39. The number of fused-ring (bicyclic) bond motifs is 1. The van der Waals surface area contributed by atoms with Gasteiger partial charge in [0.25, 0.3) is 0 Å². The average Bonchev–Trinajstić information content (AvgIpc) is 2.96. The van der Waals surface area contributed by atoms with E-state index in [1.807, 2.05) is 18.0 Å². The van der Waals surface area contributed by atoms with Gasteiger partial charge in [-0.25, -0.2) is 4.98 Å². The first-order valence-corrected chi connectivity index (χ1v) is 7.64. The fraction of sp³-hybridized carbons (Fsp3) is 0.667. The Morgan fingerprint density at radius 2 is 2.19 bits per heavy atom. The Balaban J connectivity index is 1.59. The molecular formula is C15H22N4O2. The maximum absolute atomic E-state index is 12.1. The van der Waals surface area contributed by atoms with Gasteiger partial charge in [0.1, 0.15) is 12.4 Å². The molecular weight excluding hydrogens is 268 g/mol. The van der Waals surface area contributed by atoms with Crippen molar-refractivity contribution in [1.82, 2.24) is 14.9 Å². The van der Waals surface area contributed by atoms with Gasteiger partial charge in [-0.1, -0.05) is 0 Å². The van der Waals surface area contributed by atoms with E-state index in [2.05, 4.69) is 14.9 Å². The number of carbonyl (C=O) groups excluding carboxylic acids is 1. The molecule has 1 aromatic heterocycles. The van der Waals surface area contributed by atoms with E-state index >= 15 is 0 Å². The molecule has 2 aliphatic heterocycles. The van der Waals surface area contributed by atoms with E-state index in [4.69, 9.17) is 4.74 Å². The van der Waals surface area contributed by atoms with Crippen molar-refractivity contribution in [3.05, 3.63) is 18.6 Å². The molecule has 0 spiro atoms. The number of likely N-dealkylation sites (tertiary alicyclic amines) is 1. The third kappa shape index (κ3) is 3.15. The van der Waals surface area contributed by atoms with E-state index < -0.39 is 0 Å². The second-order valence-corrected chi connectivity index (χ2v) is 5.75. The Morgan fingerprint density at radius 1 is 1.33 bits per heavy atom. The van der Waals surface area contributed by atoms with E-state index in [9.17, 15) is 4.79 Å². The zero-order valence-electron chi connectivity index (χ0n) is 12.4. The first-order valence-electron chi connectivity index (χ1n) is 7.64. The van der Waals surface area contributed by atoms with E-state index in [1.165, 1.54) is 0 Å². The van der Waals surface area contributed by atoms with Crippen LogP contribution in [0.25, 0.3) is 0 Å². The Bertz CT molecular complexity index is 482. The van der Waals surface area contributed by atoms with Gasteiger partial charge in [-0.05, 0) is 25.2 Å². The molecule has 2 aliphatic rings. The van der Waals surface area contributed by atoms with Crippen LogP contribution in [0.3, 0.4) is 0 Å². The minimum absolute atomic E-state index is 0.123. The van der Waals surface area contributed by atoms with Crippen molar-refractivity contribution in [2.24, 2.45) is 11.8 Å². The fourth-order valence-corrected chi connectivity index (χ4v) is 3.32. The summed E-state index contributed by atoms with van der Waals surface area (Å²) in [5.41, 5.74) is 0. The van der Waals surface area contributed by atoms with Gasteiger partial charge in [0.2, 0.25) is 5.91 Å². The molecule has 0 bridgehead atoms. The molecule has 6 heteroatoms. The number of rotatable bonds is 4. The zero-order valence-corrected chi connectivity index (χ0v) is 12.4. The lowest BCUT2D eigenvalue weighted by atomic mass is 9.89. The predicted molar refractivity (Wildman–Crippen MR) is 78.9 cm³/mol. The Morgan fingerprint density at radius 3 is 2.95 bits per heavy atom. The molecule has 21 heavy (non-hydrogen) atoms. The maximum atomic E-state index is 12.1. The third-order valence-corrected chi connectivity index (χ3v) is 4.46. The monoisotopic (exact) mass is 290 g/mol. The molecule has 0 aromatic carbocycles. The molecule has 3 rings (SSSR count). The van der Waals surface area contributed by atoms with Crippen LogP contribution in [0.2, 0.25) is 0 Å². The second kappa shape index (κ2) is 6.39. The first-order chi connectivity index (χ1) is 10.3. The average molecular weight is 290 g/mol. The van der Waals surface area contributed by atoms with Gasteiger partial charge in [-0.3, -0.25) is 9.78 Å². The molecule has 2 atom stereocenters. The smallest absolute Gasteiger partial charge is 0.248 e. The molecule has 2 fully saturated rings. The van der Waals surface area contributed by atoms with E-state index in [-0.39, 0.29) is 12.5 Å². The van der Waals surface area contributed by atoms with Gasteiger partial charge < -0.3 is 14.5 Å². The van der Waals surface area contributed by atoms with Crippen LogP contribution in [-0.4, -0.2) is 60.2 Å². The normalized spacial score (nSPS) is 25.0. The topological polar surface area (TPSA) is 58.6 Å². The van der Waals surface area contributed by atoms with Crippen molar-refractivity contribution in [3.63, 3.8) is 0 Å². The highest BCUT2D eigenvalue weighted by Gasteiger charge is 2.38. The molecule has 0 saturated carbocycles. The highest BCUT2D eigenvalue weighted by molar-refractivity contribution is 5.77. The lowest BCUT2D eigenvalue weighted by molar-refractivity contribution is -0.135. The largest absolute Gasteiger partial charge is 0.372 e. The second-order valence-electron chi connectivity index (χ2n) is 5.75. The van der Waals surface area contributed by atoms with Crippen molar-refractivity contribution < 1.29 is 9.53 Å². The van der Waals surface area contributed by atoms with Crippen molar-refractivity contribution in [3.8, 4) is 0 Å². The van der Waals surface area contributed by atoms with Crippen LogP contribution in [0, 0.1) is 11.8 Å². The molecule has 2 saturated heterocycles. The van der Waals surface area contributed by atoms with Crippen LogP contribution in [0.1, 0.15) is 13.3 Å². The number of aromatic nitrogens is 2. The lowest BCUT2D eigenvalue weighted by Crippen LogP contribution is -2.40. The standard InChI is InChI=1S/C15H22N4O2/c1-2-21-11-15(20)19-8-12-3-6-18(9-13(12)10-19)14-7-16-4-5-17-14/h4-5,7,12-13H,2-3,6,8-11H2,1H3/t12-,13-/m0/s1. The Labute approximate surface area is 125 Å². The summed E-state index contributed by atoms with van der Waals surface area (Å²) in [6, 6.07) is 0. The molecule has 114 valence electrons. The van der Waals surface area contributed by atoms with Gasteiger partial charge in [-0.15, -0.1) is 0 Å². The molecule has 3 heterocycles. The van der Waals surface area contributed by atoms with E-state index in [0.29, 0.717) is 18.4 Å². The third-order valence-electron chi connectivity index (χ3n) is 4.46. The van der Waals surface area contributed by atoms with Crippen molar-refractivity contribution in [2.45, 2.75) is 13.3 Å². The molecule has 1 amide bonds. The number of hydrogen-bond donors (Lipinski definition) is 0. The van der Waals surface area contributed by atoms with Crippen LogP contribution in [0.4, 0.5) is 5.82 Å². The summed E-state index contributed by atoms with van der Waals surface area (Å²) in [5.74, 6) is 2.21. The van der Waals surface area contributed by atoms with Crippen LogP contribution in [0.5, 0.6) is 0 Å². The predicted octanol–water partition coefficient (Wildman–Crippen LogP) is 0.798. The fourth-order valence-electron chi connectivity index (χ4n) is 3.32. The van der Waals surface area contributed by atoms with Gasteiger partial charge in [0.15, 0.2) is 0 Å². The Hall–Kier alpha value is -1.69. The van der Waals surface area contributed by atoms with Crippen molar-refractivity contribution in [1.29, 1.82) is 0 Å². The highest BCUT2D eigenvalue weighted by Crippen LogP contribution is 2.32. The maximum Gasteiger partial charge on any atom is 0.248 e. The number of piperidine rings is 1. The summed E-state index contributed by atoms with van der Waals surface area (Å²) >= 11 is 0. The highest BCUT2D eigenvalue weighted by atomic mass is 16.5. The number of anilines is 1. The summed E-state index contributed by atoms with van der Waals surface area (Å²) in [4.78, 5) is 24.8. The quantitative estimate of drug-likeness (QED) is 0.821. The zero-order chi connectivity index (χ0) is 14.7. The lowest BCUT2D eigenvalue weighted by Gasteiger charge is -2.34. The van der Waals surface area contributed by atoms with Gasteiger partial charge in [0, 0.05) is 45.2 Å². The molecule has 0 aliphatic carbocycles. The SMILES string of the molecule is CCOCC(=O)N1C[C@@H]2CN(c3cnccn3)CC[C@H]2C1. The summed E-state index contributed by atoms with van der Waals surface area (Å²) < 4.78 is 5.23. The number of ether oxygens (including phenoxy) is 1. The van der Waals surface area contributed by atoms with Gasteiger partial charge >= 0.3 is 0 Å². The molecule has 6 nitrogen and oxygen atoms in total. The van der Waals surface area contributed by atoms with Gasteiger partial charge in [-0.2, -0.15) is 0 Å². The number of hydrogen-bond acceptors (Lipinski definition) is 5. The molecule has 1 aromatic rings. The van der Waals surface area contributed by atoms with Crippen molar-refractivity contribution in [2.75, 3.05) is 44.3 Å². The van der Waals surface area contributed by atoms with E-state index in [1.54, 1.807) is 12.4 Å². The minimum Gasteiger partial charge on any atom is -0.372 e. The van der Waals surface area contributed by atoms with Gasteiger partial charge in [0.05, 0.1) is 6.20 Å². The number of amides is 1. The van der Waals surface area contributed by atoms with Crippen LogP contribution in [-0.2, 0) is 9.53 Å². The summed E-state index contributed by atoms with van der Waals surface area (Å²) in [6.07, 6.45) is 6.35. The first kappa shape index (κ1) is 14.3.